The second-order valence-corrected chi connectivity index (χ2v) is 6.68. The molecular formula is C16H22BrNO2. The summed E-state index contributed by atoms with van der Waals surface area (Å²) in [5, 5.41) is 3.48. The number of ether oxygens (including phenoxy) is 1. The third kappa shape index (κ3) is 3.61. The summed E-state index contributed by atoms with van der Waals surface area (Å²) >= 11 is 3.52. The summed E-state index contributed by atoms with van der Waals surface area (Å²) in [4.78, 5) is 11.8. The molecule has 2 unspecified atom stereocenters. The van der Waals surface area contributed by atoms with E-state index in [-0.39, 0.29) is 17.9 Å². The number of rotatable bonds is 4. The number of methoxy groups -OCH3 is 1. The van der Waals surface area contributed by atoms with Gasteiger partial charge < -0.3 is 10.1 Å². The van der Waals surface area contributed by atoms with Gasteiger partial charge >= 0.3 is 5.97 Å². The first-order valence-electron chi connectivity index (χ1n) is 7.12. The van der Waals surface area contributed by atoms with Crippen LogP contribution in [0.1, 0.15) is 31.4 Å². The molecule has 0 aromatic heterocycles. The molecule has 4 heteroatoms. The zero-order chi connectivity index (χ0) is 14.7. The van der Waals surface area contributed by atoms with E-state index in [4.69, 9.17) is 4.74 Å². The second-order valence-electron chi connectivity index (χ2n) is 5.76. The molecule has 0 spiro atoms. The lowest BCUT2D eigenvalue weighted by Crippen LogP contribution is -2.48. The molecular weight excluding hydrogens is 318 g/mol. The van der Waals surface area contributed by atoms with Gasteiger partial charge in [0.2, 0.25) is 0 Å². The minimum atomic E-state index is -0.220. The average molecular weight is 340 g/mol. The Labute approximate surface area is 129 Å². The van der Waals surface area contributed by atoms with Gasteiger partial charge in [-0.3, -0.25) is 4.79 Å². The molecule has 1 aromatic carbocycles. The number of hydrogen-bond acceptors (Lipinski definition) is 3. The summed E-state index contributed by atoms with van der Waals surface area (Å²) in [5.74, 6) is 0.0652. The molecule has 20 heavy (non-hydrogen) atoms. The van der Waals surface area contributed by atoms with Crippen molar-refractivity contribution in [2.24, 2.45) is 5.92 Å². The summed E-state index contributed by atoms with van der Waals surface area (Å²) in [7, 11) is 1.45. The number of carbonyl (C=O) groups is 1. The number of fused-ring (bicyclic) bond motifs is 1. The van der Waals surface area contributed by atoms with Gasteiger partial charge in [0.05, 0.1) is 7.11 Å². The standard InChI is InChI=1S/C16H22BrNO2/c1-10(2)15(16(19)20-3)18-14-7-5-11-8-13(17)6-4-12(11)9-14/h4,6,8,10,14-15,18H,5,7,9H2,1-3H3. The zero-order valence-corrected chi connectivity index (χ0v) is 13.9. The molecule has 0 bridgehead atoms. The number of nitrogens with one attached hydrogen (secondary N) is 1. The number of hydrogen-bond donors (Lipinski definition) is 1. The van der Waals surface area contributed by atoms with Gasteiger partial charge in [0.25, 0.3) is 0 Å². The first kappa shape index (κ1) is 15.5. The van der Waals surface area contributed by atoms with Gasteiger partial charge in [-0.15, -0.1) is 0 Å². The summed E-state index contributed by atoms with van der Waals surface area (Å²) in [6.07, 6.45) is 3.09. The van der Waals surface area contributed by atoms with Crippen molar-refractivity contribution in [1.29, 1.82) is 0 Å². The summed E-state index contributed by atoms with van der Waals surface area (Å²) in [6, 6.07) is 6.58. The van der Waals surface area contributed by atoms with Crippen LogP contribution in [-0.2, 0) is 22.4 Å². The zero-order valence-electron chi connectivity index (χ0n) is 12.3. The van der Waals surface area contributed by atoms with Crippen LogP contribution < -0.4 is 5.32 Å². The van der Waals surface area contributed by atoms with Gasteiger partial charge in [-0.05, 0) is 48.4 Å². The molecule has 0 aliphatic heterocycles. The van der Waals surface area contributed by atoms with Crippen LogP contribution in [0.15, 0.2) is 22.7 Å². The van der Waals surface area contributed by atoms with Gasteiger partial charge in [-0.25, -0.2) is 0 Å². The molecule has 1 aliphatic rings. The van der Waals surface area contributed by atoms with Crippen molar-refractivity contribution in [1.82, 2.24) is 5.32 Å². The first-order chi connectivity index (χ1) is 9.51. The Morgan fingerprint density at radius 2 is 2.15 bits per heavy atom. The van der Waals surface area contributed by atoms with Crippen molar-refractivity contribution >= 4 is 21.9 Å². The smallest absolute Gasteiger partial charge is 0.323 e. The van der Waals surface area contributed by atoms with Gasteiger partial charge in [-0.1, -0.05) is 35.8 Å². The van der Waals surface area contributed by atoms with Crippen molar-refractivity contribution in [3.05, 3.63) is 33.8 Å². The maximum absolute atomic E-state index is 11.8. The number of aryl methyl sites for hydroxylation is 1. The highest BCUT2D eigenvalue weighted by atomic mass is 79.9. The molecule has 0 saturated heterocycles. The fourth-order valence-corrected chi connectivity index (χ4v) is 3.19. The molecule has 1 N–H and O–H groups in total. The van der Waals surface area contributed by atoms with E-state index >= 15 is 0 Å². The highest BCUT2D eigenvalue weighted by molar-refractivity contribution is 9.10. The number of halogens is 1. The van der Waals surface area contributed by atoms with Gasteiger partial charge in [-0.2, -0.15) is 0 Å². The van der Waals surface area contributed by atoms with Crippen LogP contribution in [0, 0.1) is 5.92 Å². The fourth-order valence-electron chi connectivity index (χ4n) is 2.78. The van der Waals surface area contributed by atoms with Crippen LogP contribution in [0.2, 0.25) is 0 Å². The fraction of sp³-hybridized carbons (Fsp3) is 0.562. The van der Waals surface area contributed by atoms with Crippen LogP contribution in [-0.4, -0.2) is 25.2 Å². The van der Waals surface area contributed by atoms with E-state index in [0.717, 1.165) is 23.7 Å². The van der Waals surface area contributed by atoms with Crippen LogP contribution in [0.25, 0.3) is 0 Å². The monoisotopic (exact) mass is 339 g/mol. The van der Waals surface area contributed by atoms with Crippen molar-refractivity contribution in [3.8, 4) is 0 Å². The third-order valence-corrected chi connectivity index (χ3v) is 4.43. The van der Waals surface area contributed by atoms with E-state index < -0.39 is 0 Å². The molecule has 3 nitrogen and oxygen atoms in total. The Morgan fingerprint density at radius 3 is 2.80 bits per heavy atom. The molecule has 110 valence electrons. The predicted octanol–water partition coefficient (Wildman–Crippen LogP) is 3.09. The maximum atomic E-state index is 11.8. The van der Waals surface area contributed by atoms with E-state index in [1.807, 2.05) is 13.8 Å². The lowest BCUT2D eigenvalue weighted by Gasteiger charge is -2.30. The Balaban J connectivity index is 2.05. The first-order valence-corrected chi connectivity index (χ1v) is 7.91. The number of carbonyl (C=O) groups excluding carboxylic acids is 1. The lowest BCUT2D eigenvalue weighted by atomic mass is 9.87. The van der Waals surface area contributed by atoms with Crippen molar-refractivity contribution in [2.45, 2.75) is 45.2 Å². The number of esters is 1. The van der Waals surface area contributed by atoms with Gasteiger partial charge in [0.1, 0.15) is 6.04 Å². The van der Waals surface area contributed by atoms with Crippen LogP contribution in [0.4, 0.5) is 0 Å². The Hall–Kier alpha value is -0.870. The molecule has 2 atom stereocenters. The van der Waals surface area contributed by atoms with Gasteiger partial charge in [0, 0.05) is 10.5 Å². The summed E-state index contributed by atoms with van der Waals surface area (Å²) < 4.78 is 6.03. The SMILES string of the molecule is COC(=O)C(NC1CCc2cc(Br)ccc2C1)C(C)C. The molecule has 0 heterocycles. The third-order valence-electron chi connectivity index (χ3n) is 3.93. The van der Waals surface area contributed by atoms with Crippen molar-refractivity contribution < 1.29 is 9.53 Å². The number of benzene rings is 1. The Kier molecular flexibility index (Phi) is 5.22. The molecule has 0 fully saturated rings. The van der Waals surface area contributed by atoms with Crippen LogP contribution in [0.3, 0.4) is 0 Å². The minimum Gasteiger partial charge on any atom is -0.468 e. The quantitative estimate of drug-likeness (QED) is 0.856. The molecule has 2 rings (SSSR count). The van der Waals surface area contributed by atoms with E-state index in [9.17, 15) is 4.79 Å². The van der Waals surface area contributed by atoms with E-state index in [1.165, 1.54) is 18.2 Å². The molecule has 0 radical (unpaired) electrons. The highest BCUT2D eigenvalue weighted by Gasteiger charge is 2.27. The average Bonchev–Trinajstić information content (AvgIpc) is 2.43. The lowest BCUT2D eigenvalue weighted by molar-refractivity contribution is -0.144. The molecule has 0 amide bonds. The minimum absolute atomic E-state index is 0.165. The van der Waals surface area contributed by atoms with Crippen molar-refractivity contribution in [2.75, 3.05) is 7.11 Å². The van der Waals surface area contributed by atoms with E-state index in [1.54, 1.807) is 0 Å². The van der Waals surface area contributed by atoms with E-state index in [0.29, 0.717) is 6.04 Å². The molecule has 0 saturated carbocycles. The second kappa shape index (κ2) is 6.72. The van der Waals surface area contributed by atoms with Crippen LogP contribution in [0.5, 0.6) is 0 Å². The highest BCUT2D eigenvalue weighted by Crippen LogP contribution is 2.25. The normalized spacial score (nSPS) is 19.6. The Bertz CT molecular complexity index is 487. The molecule has 1 aromatic rings. The van der Waals surface area contributed by atoms with E-state index in [2.05, 4.69) is 39.4 Å². The largest absolute Gasteiger partial charge is 0.468 e. The van der Waals surface area contributed by atoms with Crippen molar-refractivity contribution in [3.63, 3.8) is 0 Å². The predicted molar refractivity (Wildman–Crippen MR) is 83.7 cm³/mol. The summed E-state index contributed by atoms with van der Waals surface area (Å²) in [5.41, 5.74) is 2.79. The summed E-state index contributed by atoms with van der Waals surface area (Å²) in [6.45, 7) is 4.09. The van der Waals surface area contributed by atoms with Gasteiger partial charge in [0.15, 0.2) is 0 Å². The maximum Gasteiger partial charge on any atom is 0.323 e. The topological polar surface area (TPSA) is 38.3 Å². The Morgan fingerprint density at radius 1 is 1.40 bits per heavy atom. The van der Waals surface area contributed by atoms with Crippen LogP contribution >= 0.6 is 15.9 Å². The molecule has 1 aliphatic carbocycles.